The predicted octanol–water partition coefficient (Wildman–Crippen LogP) is 5.73. The van der Waals surface area contributed by atoms with Crippen LogP contribution in [0.5, 0.6) is 0 Å². The van der Waals surface area contributed by atoms with E-state index in [0.717, 1.165) is 16.0 Å². The van der Waals surface area contributed by atoms with Crippen molar-refractivity contribution in [3.63, 3.8) is 0 Å². The summed E-state index contributed by atoms with van der Waals surface area (Å²) in [6.45, 7) is 0.473. The number of rotatable bonds is 7. The first-order valence-corrected chi connectivity index (χ1v) is 12.9. The normalized spacial score (nSPS) is 11.0. The number of aromatic nitrogens is 4. The minimum absolute atomic E-state index is 0.125. The number of imidazole rings is 1. The number of amides is 2. The van der Waals surface area contributed by atoms with Crippen molar-refractivity contribution < 1.29 is 14.0 Å². The van der Waals surface area contributed by atoms with E-state index in [0.29, 0.717) is 39.9 Å². The number of nitrogens with one attached hydrogen (secondary N) is 1. The fraction of sp³-hybridized carbons (Fsp3) is 0.0690. The van der Waals surface area contributed by atoms with Gasteiger partial charge in [0.15, 0.2) is 12.2 Å². The van der Waals surface area contributed by atoms with Gasteiger partial charge in [-0.1, -0.05) is 18.2 Å². The van der Waals surface area contributed by atoms with Gasteiger partial charge in [0.25, 0.3) is 11.8 Å². The minimum Gasteiger partial charge on any atom is -0.443 e. The van der Waals surface area contributed by atoms with Crippen molar-refractivity contribution in [1.29, 1.82) is 0 Å². The first kappa shape index (κ1) is 24.3. The van der Waals surface area contributed by atoms with E-state index >= 15 is 0 Å². The Bertz CT molecular complexity index is 1760. The van der Waals surface area contributed by atoms with Gasteiger partial charge in [0, 0.05) is 30.7 Å². The van der Waals surface area contributed by atoms with Crippen LogP contribution < -0.4 is 10.2 Å². The van der Waals surface area contributed by atoms with Crippen molar-refractivity contribution in [1.82, 2.24) is 19.5 Å². The summed E-state index contributed by atoms with van der Waals surface area (Å²) in [5.41, 5.74) is 3.76. The van der Waals surface area contributed by atoms with Gasteiger partial charge in [0.2, 0.25) is 5.95 Å². The summed E-state index contributed by atoms with van der Waals surface area (Å²) in [5.74, 6) is 0.592. The molecule has 1 N–H and O–H groups in total. The quantitative estimate of drug-likeness (QED) is 0.281. The second kappa shape index (κ2) is 10.3. The number of carbonyl (C=O) groups is 2. The summed E-state index contributed by atoms with van der Waals surface area (Å²) in [5, 5.41) is 2.97. The Morgan fingerprint density at radius 2 is 1.82 bits per heavy atom. The average molecular weight is 535 g/mol. The molecule has 6 aromatic rings. The van der Waals surface area contributed by atoms with Gasteiger partial charge < -0.3 is 13.9 Å². The number of carbonyl (C=O) groups excluding carboxylic acids is 2. The lowest BCUT2D eigenvalue weighted by molar-refractivity contribution is 0.0991. The van der Waals surface area contributed by atoms with Gasteiger partial charge in [-0.15, -0.1) is 11.3 Å². The Morgan fingerprint density at radius 3 is 2.59 bits per heavy atom. The molecule has 0 aliphatic heterocycles. The number of pyridine rings is 1. The molecule has 2 aromatic carbocycles. The van der Waals surface area contributed by atoms with Gasteiger partial charge in [-0.3, -0.25) is 19.9 Å². The fourth-order valence-corrected chi connectivity index (χ4v) is 5.09. The van der Waals surface area contributed by atoms with Gasteiger partial charge in [-0.2, -0.15) is 0 Å². The van der Waals surface area contributed by atoms with Crippen molar-refractivity contribution in [2.45, 2.75) is 6.54 Å². The van der Waals surface area contributed by atoms with E-state index in [1.54, 1.807) is 48.7 Å². The molecule has 0 saturated carbocycles. The zero-order chi connectivity index (χ0) is 26.8. The molecular formula is C29H22N6O3S. The van der Waals surface area contributed by atoms with E-state index in [4.69, 9.17) is 9.40 Å². The largest absolute Gasteiger partial charge is 0.443 e. The Morgan fingerprint density at radius 1 is 1.00 bits per heavy atom. The molecule has 192 valence electrons. The Hall–Kier alpha value is -5.09. The van der Waals surface area contributed by atoms with E-state index in [9.17, 15) is 9.59 Å². The highest BCUT2D eigenvalue weighted by Gasteiger charge is 2.19. The molecule has 4 aromatic heterocycles. The SMILES string of the molecule is CN(C(=O)c1ccccc1)c1ccc2c(c1)nc(NC(=O)c1ccc(-c3cnco3)s1)n2Cc1ccncc1. The summed E-state index contributed by atoms with van der Waals surface area (Å²) in [6.07, 6.45) is 6.42. The third-order valence-corrected chi connectivity index (χ3v) is 7.36. The van der Waals surface area contributed by atoms with Crippen molar-refractivity contribution in [3.8, 4) is 10.6 Å². The molecule has 0 radical (unpaired) electrons. The lowest BCUT2D eigenvalue weighted by atomic mass is 10.2. The molecule has 2 amide bonds. The monoisotopic (exact) mass is 534 g/mol. The van der Waals surface area contributed by atoms with E-state index in [-0.39, 0.29) is 11.8 Å². The van der Waals surface area contributed by atoms with Crippen LogP contribution in [0.1, 0.15) is 25.6 Å². The molecule has 0 spiro atoms. The first-order chi connectivity index (χ1) is 19.1. The fourth-order valence-electron chi connectivity index (χ4n) is 4.24. The number of hydrogen-bond acceptors (Lipinski definition) is 7. The maximum atomic E-state index is 13.2. The van der Waals surface area contributed by atoms with Crippen LogP contribution in [-0.4, -0.2) is 38.4 Å². The van der Waals surface area contributed by atoms with Crippen LogP contribution in [0.4, 0.5) is 11.6 Å². The summed E-state index contributed by atoms with van der Waals surface area (Å²) < 4.78 is 7.29. The maximum absolute atomic E-state index is 13.2. The highest BCUT2D eigenvalue weighted by atomic mass is 32.1. The Kier molecular flexibility index (Phi) is 6.44. The van der Waals surface area contributed by atoms with Gasteiger partial charge >= 0.3 is 0 Å². The van der Waals surface area contributed by atoms with Crippen molar-refractivity contribution in [2.75, 3.05) is 17.3 Å². The highest BCUT2D eigenvalue weighted by molar-refractivity contribution is 7.17. The molecule has 6 rings (SSSR count). The maximum Gasteiger partial charge on any atom is 0.268 e. The van der Waals surface area contributed by atoms with E-state index in [1.807, 2.05) is 59.2 Å². The summed E-state index contributed by atoms with van der Waals surface area (Å²) in [6, 6.07) is 22.2. The van der Waals surface area contributed by atoms with Crippen LogP contribution in [0.3, 0.4) is 0 Å². The number of anilines is 2. The third-order valence-electron chi connectivity index (χ3n) is 6.26. The Balaban J connectivity index is 1.34. The first-order valence-electron chi connectivity index (χ1n) is 12.1. The molecule has 9 nitrogen and oxygen atoms in total. The standard InChI is InChI=1S/C29H22N6O3S/c1-34(28(37)20-5-3-2-4-6-20)21-7-8-23-22(15-21)32-29(35(23)17-19-11-13-30-14-12-19)33-27(36)26-10-9-25(39-26)24-16-31-18-38-24/h2-16,18H,17H2,1H3,(H,32,33,36). The number of thiophene rings is 1. The molecule has 4 heterocycles. The lowest BCUT2D eigenvalue weighted by Gasteiger charge is -2.17. The molecule has 0 atom stereocenters. The highest BCUT2D eigenvalue weighted by Crippen LogP contribution is 2.30. The van der Waals surface area contributed by atoms with Crippen LogP contribution in [0.2, 0.25) is 0 Å². The number of nitrogens with zero attached hydrogens (tertiary/aromatic N) is 5. The van der Waals surface area contributed by atoms with Gasteiger partial charge in [0.05, 0.1) is 33.5 Å². The van der Waals surface area contributed by atoms with Crippen molar-refractivity contribution >= 4 is 45.8 Å². The number of hydrogen-bond donors (Lipinski definition) is 1. The molecule has 0 saturated heterocycles. The Labute approximate surface area is 227 Å². The second-order valence-corrected chi connectivity index (χ2v) is 9.85. The van der Waals surface area contributed by atoms with Crippen LogP contribution in [0.15, 0.2) is 102 Å². The molecule has 0 aliphatic rings. The number of fused-ring (bicyclic) bond motifs is 1. The number of oxazole rings is 1. The molecule has 0 unspecified atom stereocenters. The minimum atomic E-state index is -0.284. The van der Waals surface area contributed by atoms with Crippen LogP contribution in [-0.2, 0) is 6.54 Å². The lowest BCUT2D eigenvalue weighted by Crippen LogP contribution is -2.26. The van der Waals surface area contributed by atoms with Crippen molar-refractivity contribution in [2.24, 2.45) is 0 Å². The summed E-state index contributed by atoms with van der Waals surface area (Å²) in [4.78, 5) is 42.0. The van der Waals surface area contributed by atoms with Crippen LogP contribution in [0.25, 0.3) is 21.7 Å². The predicted molar refractivity (Wildman–Crippen MR) is 150 cm³/mol. The van der Waals surface area contributed by atoms with E-state index in [1.165, 1.54) is 17.7 Å². The van der Waals surface area contributed by atoms with Gasteiger partial charge in [-0.25, -0.2) is 9.97 Å². The molecule has 10 heteroatoms. The topological polar surface area (TPSA) is 106 Å². The molecular weight excluding hydrogens is 512 g/mol. The summed E-state index contributed by atoms with van der Waals surface area (Å²) >= 11 is 1.31. The summed E-state index contributed by atoms with van der Waals surface area (Å²) in [7, 11) is 1.73. The number of benzene rings is 2. The molecule has 0 bridgehead atoms. The van der Waals surface area contributed by atoms with Gasteiger partial charge in [0.1, 0.15) is 0 Å². The average Bonchev–Trinajstić information content (AvgIpc) is 3.74. The van der Waals surface area contributed by atoms with Crippen molar-refractivity contribution in [3.05, 3.63) is 114 Å². The van der Waals surface area contributed by atoms with Crippen LogP contribution in [0, 0.1) is 0 Å². The zero-order valence-corrected chi connectivity index (χ0v) is 21.6. The van der Waals surface area contributed by atoms with E-state index < -0.39 is 0 Å². The van der Waals surface area contributed by atoms with Crippen LogP contribution >= 0.6 is 11.3 Å². The zero-order valence-electron chi connectivity index (χ0n) is 20.8. The molecule has 0 fully saturated rings. The van der Waals surface area contributed by atoms with E-state index in [2.05, 4.69) is 15.3 Å². The molecule has 39 heavy (non-hydrogen) atoms. The van der Waals surface area contributed by atoms with Gasteiger partial charge in [-0.05, 0) is 60.2 Å². The smallest absolute Gasteiger partial charge is 0.268 e. The third kappa shape index (κ3) is 4.92. The second-order valence-electron chi connectivity index (χ2n) is 8.76. The molecule has 0 aliphatic carbocycles.